The van der Waals surface area contributed by atoms with Gasteiger partial charge in [-0.2, -0.15) is 0 Å². The Labute approximate surface area is 210 Å². The Morgan fingerprint density at radius 1 is 1.03 bits per heavy atom. The molecule has 0 aromatic heterocycles. The van der Waals surface area contributed by atoms with Gasteiger partial charge in [-0.1, -0.05) is 34.6 Å². The summed E-state index contributed by atoms with van der Waals surface area (Å²) < 4.78 is 11.4. The van der Waals surface area contributed by atoms with Gasteiger partial charge in [-0.15, -0.1) is 0 Å². The second-order valence-electron chi connectivity index (χ2n) is 14.5. The Morgan fingerprint density at radius 2 is 1.71 bits per heavy atom. The number of ether oxygens (including phenoxy) is 2. The summed E-state index contributed by atoms with van der Waals surface area (Å²) in [6, 6.07) is 0. The molecule has 6 heteroatoms. The minimum atomic E-state index is -0.487. The highest BCUT2D eigenvalue weighted by molar-refractivity contribution is 5.66. The summed E-state index contributed by atoms with van der Waals surface area (Å²) in [4.78, 5) is 11.7. The van der Waals surface area contributed by atoms with Gasteiger partial charge in [0, 0.05) is 12.0 Å². The van der Waals surface area contributed by atoms with E-state index in [-0.39, 0.29) is 34.6 Å². The summed E-state index contributed by atoms with van der Waals surface area (Å²) >= 11 is 0. The molecule has 0 aromatic carbocycles. The monoisotopic (exact) mass is 489 g/mol. The highest BCUT2D eigenvalue weighted by Gasteiger charge is 2.84. The molecule has 1 saturated heterocycles. The van der Waals surface area contributed by atoms with E-state index < -0.39 is 12.2 Å². The Balaban J connectivity index is 1.31. The number of nitrogens with one attached hydrogen (secondary N) is 1. The zero-order chi connectivity index (χ0) is 25.2. The number of hydrogen-bond donors (Lipinski definition) is 3. The van der Waals surface area contributed by atoms with E-state index >= 15 is 0 Å². The third-order valence-corrected chi connectivity index (χ3v) is 13.5. The predicted octanol–water partition coefficient (Wildman–Crippen LogP) is 4.52. The number of hydrogen-bond acceptors (Lipinski definition) is 5. The molecule has 6 fully saturated rings. The van der Waals surface area contributed by atoms with E-state index in [1.165, 1.54) is 26.4 Å². The van der Waals surface area contributed by atoms with E-state index in [1.54, 1.807) is 0 Å². The highest BCUT2D eigenvalue weighted by Crippen LogP contribution is 2.89. The van der Waals surface area contributed by atoms with Crippen molar-refractivity contribution in [2.24, 2.45) is 50.7 Å². The highest BCUT2D eigenvalue weighted by atomic mass is 16.5. The molecule has 1 heterocycles. The van der Waals surface area contributed by atoms with Crippen LogP contribution >= 0.6 is 0 Å². The maximum absolute atomic E-state index is 12.1. The average Bonchev–Trinajstić information content (AvgIpc) is 3.45. The van der Waals surface area contributed by atoms with E-state index in [2.05, 4.69) is 39.9 Å². The fourth-order valence-corrected chi connectivity index (χ4v) is 11.8. The SMILES string of the molecule is COC(=O)NC[C@H]1C[C@@H](C)[C@H]2[C@H](O1)[C@H](O)[C@@]1(C)[C@@H]3CC[C@H]4C(C)(C)[C@@H](O)CC[C@@]45C[C@@]35CC[C@]21C. The number of methoxy groups -OCH3 is 1. The lowest BCUT2D eigenvalue weighted by Crippen LogP contribution is -2.59. The van der Waals surface area contributed by atoms with Crippen LogP contribution in [0.4, 0.5) is 4.79 Å². The zero-order valence-electron chi connectivity index (χ0n) is 22.6. The molecule has 12 atom stereocenters. The molecule has 1 aliphatic heterocycles. The predicted molar refractivity (Wildman–Crippen MR) is 133 cm³/mol. The van der Waals surface area contributed by atoms with Crippen LogP contribution in [0.1, 0.15) is 86.0 Å². The average molecular weight is 490 g/mol. The molecular formula is C29H47NO5. The number of aliphatic hydroxyl groups is 2. The minimum Gasteiger partial charge on any atom is -0.453 e. The van der Waals surface area contributed by atoms with Crippen LogP contribution in [0, 0.1) is 50.7 Å². The Hall–Kier alpha value is -0.850. The van der Waals surface area contributed by atoms with Gasteiger partial charge in [-0.05, 0) is 96.7 Å². The van der Waals surface area contributed by atoms with Crippen molar-refractivity contribution in [3.63, 3.8) is 0 Å². The number of alkyl carbamates (subject to hydrolysis) is 1. The van der Waals surface area contributed by atoms with Gasteiger partial charge in [-0.25, -0.2) is 4.79 Å². The third-order valence-electron chi connectivity index (χ3n) is 13.5. The van der Waals surface area contributed by atoms with Crippen LogP contribution in [0.5, 0.6) is 0 Å². The van der Waals surface area contributed by atoms with Crippen LogP contribution in [-0.2, 0) is 9.47 Å². The molecular weight excluding hydrogens is 442 g/mol. The van der Waals surface area contributed by atoms with Crippen LogP contribution in [0.3, 0.4) is 0 Å². The van der Waals surface area contributed by atoms with Crippen molar-refractivity contribution >= 4 is 6.09 Å². The summed E-state index contributed by atoms with van der Waals surface area (Å²) in [5.41, 5.74) is 0.539. The van der Waals surface area contributed by atoms with Crippen molar-refractivity contribution in [3.8, 4) is 0 Å². The number of rotatable bonds is 2. The zero-order valence-corrected chi connectivity index (χ0v) is 22.6. The van der Waals surface area contributed by atoms with Crippen LogP contribution in [0.2, 0.25) is 0 Å². The summed E-state index contributed by atoms with van der Waals surface area (Å²) in [5.74, 6) is 1.88. The van der Waals surface area contributed by atoms with Crippen molar-refractivity contribution in [2.45, 2.75) is 110 Å². The largest absolute Gasteiger partial charge is 0.453 e. The van der Waals surface area contributed by atoms with E-state index in [0.29, 0.717) is 41.0 Å². The van der Waals surface area contributed by atoms with Crippen molar-refractivity contribution < 1.29 is 24.5 Å². The molecule has 6 aliphatic rings. The van der Waals surface area contributed by atoms with E-state index in [4.69, 9.17) is 9.47 Å². The van der Waals surface area contributed by atoms with Gasteiger partial charge < -0.3 is 25.0 Å². The molecule has 0 unspecified atom stereocenters. The van der Waals surface area contributed by atoms with Gasteiger partial charge in [0.15, 0.2) is 0 Å². The van der Waals surface area contributed by atoms with E-state index in [9.17, 15) is 15.0 Å². The van der Waals surface area contributed by atoms with Gasteiger partial charge in [0.05, 0.1) is 31.5 Å². The first-order valence-electron chi connectivity index (χ1n) is 14.2. The number of carbonyl (C=O) groups is 1. The Kier molecular flexibility index (Phi) is 5.16. The second kappa shape index (κ2) is 7.38. The second-order valence-corrected chi connectivity index (χ2v) is 14.5. The number of fused-ring (bicyclic) bond motifs is 4. The first kappa shape index (κ1) is 24.5. The van der Waals surface area contributed by atoms with Gasteiger partial charge in [0.1, 0.15) is 0 Å². The first-order chi connectivity index (χ1) is 16.4. The van der Waals surface area contributed by atoms with E-state index in [0.717, 1.165) is 32.1 Å². The minimum absolute atomic E-state index is 0.0197. The fraction of sp³-hybridized carbons (Fsp3) is 0.966. The van der Waals surface area contributed by atoms with Crippen molar-refractivity contribution in [1.29, 1.82) is 0 Å². The molecule has 0 bridgehead atoms. The molecule has 5 aliphatic carbocycles. The molecule has 0 aromatic rings. The molecule has 198 valence electrons. The van der Waals surface area contributed by atoms with Crippen LogP contribution in [0.25, 0.3) is 0 Å². The molecule has 0 radical (unpaired) electrons. The van der Waals surface area contributed by atoms with Gasteiger partial charge in [0.2, 0.25) is 0 Å². The molecule has 2 spiro atoms. The lowest BCUT2D eigenvalue weighted by atomic mass is 9.41. The maximum Gasteiger partial charge on any atom is 0.406 e. The smallest absolute Gasteiger partial charge is 0.406 e. The van der Waals surface area contributed by atoms with Crippen LogP contribution in [0.15, 0.2) is 0 Å². The van der Waals surface area contributed by atoms with Crippen molar-refractivity contribution in [1.82, 2.24) is 5.32 Å². The van der Waals surface area contributed by atoms with Gasteiger partial charge in [0.25, 0.3) is 0 Å². The van der Waals surface area contributed by atoms with Crippen LogP contribution < -0.4 is 5.32 Å². The van der Waals surface area contributed by atoms with Gasteiger partial charge >= 0.3 is 6.09 Å². The standard InChI is InChI=1S/C29H47NO5/c1-16-13-17(14-30-24(33)34-6)35-22-21(16)26(4)11-12-29-15-28(29)10-9-20(31)25(2,3)18(28)7-8-19(29)27(26,5)23(22)32/h16-23,31-32H,7-15H2,1-6H3,(H,30,33)/t16-,17-,18+,19+,20+,21+,22+,23+,26-,27-,28-,29+/m1/s1. The lowest BCUT2D eigenvalue weighted by molar-refractivity contribution is -0.182. The molecule has 1 amide bonds. The summed E-state index contributed by atoms with van der Waals surface area (Å²) in [6.45, 7) is 12.3. The molecule has 6 rings (SSSR count). The summed E-state index contributed by atoms with van der Waals surface area (Å²) in [7, 11) is 1.38. The Morgan fingerprint density at radius 3 is 2.43 bits per heavy atom. The van der Waals surface area contributed by atoms with Crippen molar-refractivity contribution in [2.75, 3.05) is 13.7 Å². The third kappa shape index (κ3) is 2.75. The Bertz CT molecular complexity index is 908. The normalized spacial score (nSPS) is 57.6. The molecule has 6 nitrogen and oxygen atoms in total. The van der Waals surface area contributed by atoms with Gasteiger partial charge in [-0.3, -0.25) is 0 Å². The van der Waals surface area contributed by atoms with Crippen LogP contribution in [-0.4, -0.2) is 54.4 Å². The first-order valence-corrected chi connectivity index (χ1v) is 14.2. The lowest BCUT2D eigenvalue weighted by Gasteiger charge is -2.63. The fourth-order valence-electron chi connectivity index (χ4n) is 11.8. The molecule has 35 heavy (non-hydrogen) atoms. The number of amides is 1. The maximum atomic E-state index is 12.1. The molecule has 5 saturated carbocycles. The summed E-state index contributed by atoms with van der Waals surface area (Å²) in [5, 5.41) is 25.8. The van der Waals surface area contributed by atoms with Crippen molar-refractivity contribution in [3.05, 3.63) is 0 Å². The summed E-state index contributed by atoms with van der Waals surface area (Å²) in [6.07, 6.45) is 7.66. The number of carbonyl (C=O) groups excluding carboxylic acids is 1. The van der Waals surface area contributed by atoms with E-state index in [1.807, 2.05) is 0 Å². The topological polar surface area (TPSA) is 88.0 Å². The molecule has 3 N–H and O–H groups in total. The quantitative estimate of drug-likeness (QED) is 0.531. The number of aliphatic hydroxyl groups excluding tert-OH is 2.